The maximum atomic E-state index is 14.3. The molecule has 2 aromatic carbocycles. The molecule has 2 aromatic rings. The molecule has 3 nitrogen and oxygen atoms in total. The maximum Gasteiger partial charge on any atom is 0.126 e. The van der Waals surface area contributed by atoms with Gasteiger partial charge in [-0.1, -0.05) is 12.1 Å². The van der Waals surface area contributed by atoms with Crippen LogP contribution in [0, 0.1) is 17.7 Å². The first-order valence-corrected chi connectivity index (χ1v) is 11.8. The van der Waals surface area contributed by atoms with Gasteiger partial charge in [-0.15, -0.1) is 0 Å². The van der Waals surface area contributed by atoms with Crippen molar-refractivity contribution < 1.29 is 19.0 Å². The average Bonchev–Trinajstić information content (AvgIpc) is 3.62. The topological polar surface area (TPSA) is 38.7 Å². The first-order valence-electron chi connectivity index (χ1n) is 11.8. The lowest BCUT2D eigenvalue weighted by Crippen LogP contribution is -2.20. The minimum Gasteiger partial charge on any atom is -0.497 e. The second-order valence-corrected chi connectivity index (χ2v) is 9.52. The molecule has 2 unspecified atom stereocenters. The maximum absolute atomic E-state index is 14.3. The fourth-order valence-electron chi connectivity index (χ4n) is 5.12. The van der Waals surface area contributed by atoms with E-state index in [4.69, 9.17) is 9.47 Å². The fraction of sp³-hybridized carbons (Fsp3) is 0.556. The van der Waals surface area contributed by atoms with Crippen molar-refractivity contribution in [2.24, 2.45) is 11.8 Å². The van der Waals surface area contributed by atoms with Crippen molar-refractivity contribution in [3.05, 3.63) is 59.4 Å². The van der Waals surface area contributed by atoms with Crippen LogP contribution in [0.1, 0.15) is 74.8 Å². The first kappa shape index (κ1) is 22.1. The molecule has 0 radical (unpaired) electrons. The summed E-state index contributed by atoms with van der Waals surface area (Å²) in [7, 11) is 1.62. The molecule has 0 spiro atoms. The van der Waals surface area contributed by atoms with E-state index < -0.39 is 0 Å². The zero-order valence-electron chi connectivity index (χ0n) is 18.7. The summed E-state index contributed by atoms with van der Waals surface area (Å²) in [5, 5.41) is 9.89. The lowest BCUT2D eigenvalue weighted by atomic mass is 9.79. The summed E-state index contributed by atoms with van der Waals surface area (Å²) in [6.07, 6.45) is 7.13. The van der Waals surface area contributed by atoms with Gasteiger partial charge < -0.3 is 14.6 Å². The van der Waals surface area contributed by atoms with Gasteiger partial charge in [0.05, 0.1) is 19.8 Å². The Balaban J connectivity index is 1.31. The number of hydrogen-bond donors (Lipinski definition) is 1. The summed E-state index contributed by atoms with van der Waals surface area (Å²) < 4.78 is 25.8. The highest BCUT2D eigenvalue weighted by molar-refractivity contribution is 5.33. The molecule has 0 saturated heterocycles. The number of rotatable bonds is 9. The quantitative estimate of drug-likeness (QED) is 0.501. The number of halogens is 1. The van der Waals surface area contributed by atoms with Gasteiger partial charge in [0, 0.05) is 0 Å². The average molecular weight is 427 g/mol. The van der Waals surface area contributed by atoms with E-state index in [2.05, 4.69) is 18.2 Å². The Morgan fingerprint density at radius 2 is 1.77 bits per heavy atom. The lowest BCUT2D eigenvalue weighted by Gasteiger charge is -2.29. The van der Waals surface area contributed by atoms with E-state index in [9.17, 15) is 9.50 Å². The van der Waals surface area contributed by atoms with Crippen LogP contribution in [0.25, 0.3) is 0 Å². The number of benzene rings is 2. The molecular weight excluding hydrogens is 391 g/mol. The van der Waals surface area contributed by atoms with Crippen LogP contribution in [-0.2, 0) is 0 Å². The van der Waals surface area contributed by atoms with Crippen molar-refractivity contribution in [3.63, 3.8) is 0 Å². The van der Waals surface area contributed by atoms with Crippen LogP contribution in [0.5, 0.6) is 11.5 Å². The summed E-state index contributed by atoms with van der Waals surface area (Å²) in [6.45, 7) is 2.59. The molecule has 2 aliphatic rings. The summed E-state index contributed by atoms with van der Waals surface area (Å²) in [4.78, 5) is 0. The second-order valence-electron chi connectivity index (χ2n) is 9.52. The van der Waals surface area contributed by atoms with E-state index in [-0.39, 0.29) is 17.8 Å². The SMILES string of the molecule is COc1ccc(F)c([C@H]2CC[C@H](COc3cccc(C(CC(C)O)C4CC4)c3)CC2)c1. The van der Waals surface area contributed by atoms with Crippen molar-refractivity contribution in [1.29, 1.82) is 0 Å². The van der Waals surface area contributed by atoms with Gasteiger partial charge in [-0.05, 0) is 117 Å². The van der Waals surface area contributed by atoms with Gasteiger partial charge in [0.2, 0.25) is 0 Å². The molecule has 168 valence electrons. The summed E-state index contributed by atoms with van der Waals surface area (Å²) in [5.41, 5.74) is 2.08. The van der Waals surface area contributed by atoms with Gasteiger partial charge in [-0.25, -0.2) is 4.39 Å². The molecular formula is C27H35FO3. The Kier molecular flexibility index (Phi) is 7.16. The van der Waals surface area contributed by atoms with Crippen molar-refractivity contribution in [1.82, 2.24) is 0 Å². The predicted octanol–water partition coefficient (Wildman–Crippen LogP) is 6.45. The largest absolute Gasteiger partial charge is 0.497 e. The molecule has 1 N–H and O–H groups in total. The zero-order chi connectivity index (χ0) is 21.8. The Bertz CT molecular complexity index is 853. The third kappa shape index (κ3) is 5.79. The minimum atomic E-state index is -0.278. The highest BCUT2D eigenvalue weighted by Crippen LogP contribution is 2.45. The Hall–Kier alpha value is -2.07. The number of methoxy groups -OCH3 is 1. The lowest BCUT2D eigenvalue weighted by molar-refractivity contribution is 0.170. The minimum absolute atomic E-state index is 0.125. The molecule has 4 rings (SSSR count). The van der Waals surface area contributed by atoms with Crippen molar-refractivity contribution in [2.75, 3.05) is 13.7 Å². The zero-order valence-corrected chi connectivity index (χ0v) is 18.7. The summed E-state index contributed by atoms with van der Waals surface area (Å²) in [6, 6.07) is 13.5. The van der Waals surface area contributed by atoms with E-state index in [0.717, 1.165) is 49.2 Å². The predicted molar refractivity (Wildman–Crippen MR) is 121 cm³/mol. The van der Waals surface area contributed by atoms with Gasteiger partial charge >= 0.3 is 0 Å². The van der Waals surface area contributed by atoms with Gasteiger partial charge in [0.15, 0.2) is 0 Å². The second kappa shape index (κ2) is 10.0. The molecule has 0 bridgehead atoms. The van der Waals surface area contributed by atoms with Crippen LogP contribution in [0.3, 0.4) is 0 Å². The van der Waals surface area contributed by atoms with E-state index in [0.29, 0.717) is 24.4 Å². The third-order valence-corrected chi connectivity index (χ3v) is 7.05. The van der Waals surface area contributed by atoms with Gasteiger partial charge in [0.1, 0.15) is 17.3 Å². The summed E-state index contributed by atoms with van der Waals surface area (Å²) in [5.74, 6) is 3.42. The van der Waals surface area contributed by atoms with Crippen molar-refractivity contribution >= 4 is 0 Å². The molecule has 31 heavy (non-hydrogen) atoms. The van der Waals surface area contributed by atoms with Crippen LogP contribution in [0.2, 0.25) is 0 Å². The van der Waals surface area contributed by atoms with E-state index in [1.54, 1.807) is 13.2 Å². The first-order chi connectivity index (χ1) is 15.0. The van der Waals surface area contributed by atoms with Crippen LogP contribution in [-0.4, -0.2) is 24.9 Å². The van der Waals surface area contributed by atoms with Gasteiger partial charge in [0.25, 0.3) is 0 Å². The number of aliphatic hydroxyl groups excluding tert-OH is 1. The molecule has 2 aliphatic carbocycles. The summed E-state index contributed by atoms with van der Waals surface area (Å²) >= 11 is 0. The third-order valence-electron chi connectivity index (χ3n) is 7.05. The van der Waals surface area contributed by atoms with E-state index >= 15 is 0 Å². The molecule has 0 amide bonds. The van der Waals surface area contributed by atoms with E-state index in [1.807, 2.05) is 19.1 Å². The smallest absolute Gasteiger partial charge is 0.126 e. The monoisotopic (exact) mass is 426 g/mol. The van der Waals surface area contributed by atoms with Crippen LogP contribution < -0.4 is 9.47 Å². The molecule has 2 atom stereocenters. The number of ether oxygens (including phenoxy) is 2. The van der Waals surface area contributed by atoms with E-state index in [1.165, 1.54) is 24.5 Å². The molecule has 2 saturated carbocycles. The van der Waals surface area contributed by atoms with Crippen LogP contribution >= 0.6 is 0 Å². The van der Waals surface area contributed by atoms with Crippen LogP contribution in [0.4, 0.5) is 4.39 Å². The highest BCUT2D eigenvalue weighted by Gasteiger charge is 2.33. The molecule has 0 aromatic heterocycles. The van der Waals surface area contributed by atoms with Crippen molar-refractivity contribution in [2.45, 2.75) is 69.8 Å². The van der Waals surface area contributed by atoms with Crippen molar-refractivity contribution in [3.8, 4) is 11.5 Å². The Labute approximate surface area is 185 Å². The molecule has 0 heterocycles. The Morgan fingerprint density at radius 3 is 2.45 bits per heavy atom. The van der Waals surface area contributed by atoms with Crippen LogP contribution in [0.15, 0.2) is 42.5 Å². The van der Waals surface area contributed by atoms with Gasteiger partial charge in [-0.2, -0.15) is 0 Å². The normalized spacial score (nSPS) is 23.2. The standard InChI is InChI=1S/C27H35FO3/c1-18(29)14-25(20-10-11-20)22-4-3-5-24(15-22)31-17-19-6-8-21(9-7-19)26-16-23(30-2)12-13-27(26)28/h3-5,12-13,15-16,18-21,25,29H,6-11,14,17H2,1-2H3/t18?,19-,21-,25?. The fourth-order valence-corrected chi connectivity index (χ4v) is 5.12. The molecule has 4 heteroatoms. The number of hydrogen-bond acceptors (Lipinski definition) is 3. The Morgan fingerprint density at radius 1 is 1.00 bits per heavy atom. The van der Waals surface area contributed by atoms with Gasteiger partial charge in [-0.3, -0.25) is 0 Å². The number of aliphatic hydroxyl groups is 1. The highest BCUT2D eigenvalue weighted by atomic mass is 19.1. The molecule has 0 aliphatic heterocycles. The molecule has 2 fully saturated rings.